The zero-order valence-electron chi connectivity index (χ0n) is 75.7. The maximum Gasteiger partial charge on any atom is 0.305 e. The van der Waals surface area contributed by atoms with E-state index in [1.807, 2.05) is 6.92 Å². The number of nitrogens with zero attached hydrogens (tertiary/aromatic N) is 5. The SMILES string of the molecule is CCCCC[C@H]1C(=O)N(C)CC(=O)N[C@@H](CC(=O)O)C(=O)N[C@@H](C(C)C)C(=O)N(C)[C@@H](Cc2ccccc2)C(=O)N[C@@H](Cc2ccc(O)cc2)C(=O)N(C)CC(=O)N[C@@H](Cc2c[nH]c3ccccc23)C(=O)N[C@@H](Cc2ccc(O)cc2)C(=O)N[C@@H](CC(C)C)C(=O)N[C@H](C(=O)NCC(N)=O)CSCC(=O)N[C@@H](Cc2cc(F)c(F)c(F)c2)C(=O)N(C)[C@@H](Cc2ccccc2)C(=O)N1C. The molecule has 133 heavy (non-hydrogen) atoms. The van der Waals surface area contributed by atoms with Crippen LogP contribution in [-0.4, -0.2) is 272 Å². The summed E-state index contributed by atoms with van der Waals surface area (Å²) in [7, 11) is 6.13. The van der Waals surface area contributed by atoms with Crippen molar-refractivity contribution in [3.8, 4) is 11.5 Å². The van der Waals surface area contributed by atoms with Crippen molar-refractivity contribution in [3.63, 3.8) is 0 Å². The standard InChI is InChI=1S/C94H117F3N16O19S/c1-11-12-15-28-74-92(130)110(7)50-79(118)102-70(46-81(120)121)88(126)108-83(54(4)5)94(132)112(9)75(43-55-22-16-13-17-23-55)89(127)106-71(41-58-31-35-62(115)36-32-58)90(128)109(6)49-78(117)101-69(45-60-47-99-66-27-21-20-26-63(60)66)87(125)105-68(40-57-29-33-61(114)34-30-57)86(124)104-67(37-53(2)3)85(123)107-73(84(122)100-48-77(98)116)51-133-52-80(119)103-72(42-59-38-64(95)82(97)65(96)39-59)91(129)113(10)76(93(131)111(74)8)44-56-24-18-14-19-25-56/h13-14,16-27,29-36,38-39,47,53-54,67-76,83,99,114-115H,11-12,15,28,37,40-46,48-52H2,1-10H3,(H2,98,116)(H,100,122)(H,101,117)(H,102,118)(H,103,119)(H,104,124)(H,105,125)(H,106,127)(H,107,123)(H,108,126)(H,120,121)/t67-,68-,69-,70-,71-,72-,73-,74-,75-,76-,83-/m0/s1. The van der Waals surface area contributed by atoms with Crippen LogP contribution in [0.2, 0.25) is 0 Å². The number of primary amides is 1. The smallest absolute Gasteiger partial charge is 0.305 e. The molecule has 11 atom stereocenters. The molecule has 2 heterocycles. The van der Waals surface area contributed by atoms with E-state index in [0.29, 0.717) is 81.9 Å². The Morgan fingerprint density at radius 3 is 1.50 bits per heavy atom. The molecule has 0 radical (unpaired) electrons. The number of hydrogen-bond acceptors (Lipinski definition) is 19. The van der Waals surface area contributed by atoms with Gasteiger partial charge in [-0.25, -0.2) is 13.2 Å². The van der Waals surface area contributed by atoms with Crippen LogP contribution in [0.4, 0.5) is 13.2 Å². The Bertz CT molecular complexity index is 5270. The van der Waals surface area contributed by atoms with Crippen LogP contribution >= 0.6 is 11.8 Å². The van der Waals surface area contributed by atoms with Crippen molar-refractivity contribution in [2.24, 2.45) is 17.6 Å². The van der Waals surface area contributed by atoms with E-state index in [1.165, 1.54) is 97.6 Å². The Hall–Kier alpha value is -13.9. The van der Waals surface area contributed by atoms with Crippen LogP contribution in [0.3, 0.4) is 0 Å². The Morgan fingerprint density at radius 2 is 0.947 bits per heavy atom. The Labute approximate surface area is 772 Å². The number of carbonyl (C=O) groups excluding carboxylic acids is 15. The van der Waals surface area contributed by atoms with Crippen LogP contribution in [0.1, 0.15) is 107 Å². The molecule has 0 aliphatic carbocycles. The van der Waals surface area contributed by atoms with Gasteiger partial charge in [-0.05, 0) is 101 Å². The second kappa shape index (κ2) is 49.9. The fourth-order valence-corrected chi connectivity index (χ4v) is 16.1. The number of aliphatic carboxylic acids is 1. The summed E-state index contributed by atoms with van der Waals surface area (Å²) in [6.07, 6.45) is -0.566. The normalized spacial score (nSPS) is 21.6. The number of hydrogen-bond donors (Lipinski definition) is 14. The molecule has 714 valence electrons. The molecule has 15 N–H and O–H groups in total. The highest BCUT2D eigenvalue weighted by atomic mass is 32.2. The number of aromatic hydroxyl groups is 2. The molecule has 0 spiro atoms. The molecule has 39 heteroatoms. The van der Waals surface area contributed by atoms with E-state index < -0.39 is 234 Å². The molecule has 0 bridgehead atoms. The molecule has 1 aromatic heterocycles. The van der Waals surface area contributed by atoms with Crippen LogP contribution in [0, 0.1) is 29.3 Å². The lowest BCUT2D eigenvalue weighted by atomic mass is 9.98. The fraction of sp³-hybridized carbons (Fsp3) is 0.426. The number of carboxylic acid groups (broad SMARTS) is 1. The number of phenolic OH excluding ortho intramolecular Hbond substituents is 2. The van der Waals surface area contributed by atoms with E-state index in [4.69, 9.17) is 5.73 Å². The van der Waals surface area contributed by atoms with Crippen LogP contribution in [-0.2, 0) is 115 Å². The topological polar surface area (TPSA) is 500 Å². The highest BCUT2D eigenvalue weighted by Gasteiger charge is 2.43. The third-order valence-electron chi connectivity index (χ3n) is 22.5. The van der Waals surface area contributed by atoms with Gasteiger partial charge in [0.1, 0.15) is 78.0 Å². The van der Waals surface area contributed by atoms with Crippen molar-refractivity contribution < 1.29 is 105 Å². The summed E-state index contributed by atoms with van der Waals surface area (Å²) in [5.74, 6) is -24.6. The molecule has 35 nitrogen and oxygen atoms in total. The van der Waals surface area contributed by atoms with Crippen molar-refractivity contribution in [1.29, 1.82) is 0 Å². The first kappa shape index (κ1) is 104. The molecule has 0 unspecified atom stereocenters. The minimum atomic E-state index is -1.96. The Kier molecular flexibility index (Phi) is 39.2. The number of halogens is 3. The predicted octanol–water partition coefficient (Wildman–Crippen LogP) is 3.13. The number of para-hydroxylation sites is 1. The minimum absolute atomic E-state index is 0.0623. The molecular weight excluding hydrogens is 1750 g/mol. The average Bonchev–Trinajstić information content (AvgIpc) is 1.79. The van der Waals surface area contributed by atoms with E-state index in [1.54, 1.807) is 105 Å². The summed E-state index contributed by atoms with van der Waals surface area (Å²) in [5, 5.41) is 54.9. The van der Waals surface area contributed by atoms with Crippen molar-refractivity contribution in [2.45, 2.75) is 178 Å². The van der Waals surface area contributed by atoms with Crippen molar-refractivity contribution in [2.75, 3.05) is 66.4 Å². The number of fused-ring (bicyclic) bond motifs is 1. The average molecular weight is 1860 g/mol. The van der Waals surface area contributed by atoms with Gasteiger partial charge in [0.05, 0.1) is 31.8 Å². The number of carbonyl (C=O) groups is 16. The number of phenols is 2. The second-order valence-electron chi connectivity index (χ2n) is 33.8. The summed E-state index contributed by atoms with van der Waals surface area (Å²) in [6, 6.07) is 17.6. The molecule has 1 saturated heterocycles. The third-order valence-corrected chi connectivity index (χ3v) is 23.5. The van der Waals surface area contributed by atoms with Gasteiger partial charge < -0.3 is 98.4 Å². The number of rotatable bonds is 24. The van der Waals surface area contributed by atoms with E-state index in [-0.39, 0.29) is 62.0 Å². The van der Waals surface area contributed by atoms with Crippen LogP contribution in [0.15, 0.2) is 152 Å². The number of benzene rings is 6. The first-order valence-corrected chi connectivity index (χ1v) is 44.6. The van der Waals surface area contributed by atoms with Crippen molar-refractivity contribution in [1.82, 2.24) is 77.3 Å². The number of amides is 15. The Morgan fingerprint density at radius 1 is 0.481 bits per heavy atom. The van der Waals surface area contributed by atoms with Gasteiger partial charge in [0.15, 0.2) is 17.5 Å². The van der Waals surface area contributed by atoms with Gasteiger partial charge in [0, 0.05) is 96.6 Å². The summed E-state index contributed by atoms with van der Waals surface area (Å²) in [5.41, 5.74) is 7.85. The zero-order chi connectivity index (χ0) is 97.6. The molecule has 7 aromatic rings. The van der Waals surface area contributed by atoms with Crippen LogP contribution in [0.25, 0.3) is 10.9 Å². The van der Waals surface area contributed by atoms with Gasteiger partial charge in [-0.1, -0.05) is 157 Å². The van der Waals surface area contributed by atoms with Gasteiger partial charge in [0.25, 0.3) is 0 Å². The number of likely N-dealkylation sites (N-methyl/N-ethyl adjacent to an activating group) is 5. The third kappa shape index (κ3) is 31.2. The number of aromatic amines is 1. The largest absolute Gasteiger partial charge is 0.508 e. The molecule has 15 amide bonds. The first-order chi connectivity index (χ1) is 63.1. The van der Waals surface area contributed by atoms with Gasteiger partial charge in [-0.2, -0.15) is 0 Å². The number of thioether (sulfide) groups is 1. The number of nitrogens with two attached hydrogens (primary N) is 1. The summed E-state index contributed by atoms with van der Waals surface area (Å²) in [4.78, 5) is 243. The number of H-pyrrole nitrogens is 1. The first-order valence-electron chi connectivity index (χ1n) is 43.5. The van der Waals surface area contributed by atoms with Crippen molar-refractivity contribution in [3.05, 3.63) is 203 Å². The predicted molar refractivity (Wildman–Crippen MR) is 487 cm³/mol. The van der Waals surface area contributed by atoms with Crippen LogP contribution < -0.4 is 53.6 Å². The van der Waals surface area contributed by atoms with E-state index in [0.717, 1.165) is 24.5 Å². The van der Waals surface area contributed by atoms with E-state index in [2.05, 4.69) is 52.8 Å². The molecule has 1 fully saturated rings. The van der Waals surface area contributed by atoms with E-state index in [9.17, 15) is 58.1 Å². The van der Waals surface area contributed by atoms with Gasteiger partial charge in [0.2, 0.25) is 88.6 Å². The Balaban J connectivity index is 1.23. The lowest BCUT2D eigenvalue weighted by Crippen LogP contribution is -2.61. The number of carboxylic acids is 1. The lowest BCUT2D eigenvalue weighted by molar-refractivity contribution is -0.151. The molecule has 8 rings (SSSR count). The fourth-order valence-electron chi connectivity index (χ4n) is 15.2. The molecule has 1 aliphatic rings. The maximum atomic E-state index is 15.6. The molecule has 0 saturated carbocycles. The maximum absolute atomic E-state index is 15.6. The lowest BCUT2D eigenvalue weighted by Gasteiger charge is -2.37. The quantitative estimate of drug-likeness (QED) is 0.0305. The van der Waals surface area contributed by atoms with E-state index >= 15 is 47.1 Å². The highest BCUT2D eigenvalue weighted by molar-refractivity contribution is 8.00. The highest BCUT2D eigenvalue weighted by Crippen LogP contribution is 2.26. The van der Waals surface area contributed by atoms with Gasteiger partial charge >= 0.3 is 5.97 Å². The van der Waals surface area contributed by atoms with Crippen LogP contribution in [0.5, 0.6) is 11.5 Å². The summed E-state index contributed by atoms with van der Waals surface area (Å²) < 4.78 is 45.0. The zero-order valence-corrected chi connectivity index (χ0v) is 76.5. The summed E-state index contributed by atoms with van der Waals surface area (Å²) >= 11 is 0.668. The number of nitrogens with one attached hydrogen (secondary N) is 10. The second-order valence-corrected chi connectivity index (χ2v) is 34.8. The minimum Gasteiger partial charge on any atom is -0.508 e. The molecule has 6 aromatic carbocycles. The van der Waals surface area contributed by atoms with Crippen molar-refractivity contribution >= 4 is 117 Å². The number of unbranched alkanes of at least 4 members (excludes halogenated alkanes) is 2. The number of aromatic nitrogens is 1. The molecule has 1 aliphatic heterocycles. The summed E-state index contributed by atoms with van der Waals surface area (Å²) in [6.45, 7) is 5.85. The monoisotopic (exact) mass is 1860 g/mol. The van der Waals surface area contributed by atoms with Gasteiger partial charge in [-0.3, -0.25) is 76.7 Å². The van der Waals surface area contributed by atoms with Gasteiger partial charge in [-0.15, -0.1) is 11.8 Å². The molecular formula is C94H117F3N16O19S.